The third-order valence-electron chi connectivity index (χ3n) is 7.17. The number of carbonyl (C=O) groups excluding carboxylic acids is 4. The molecule has 2 heterocycles. The molecule has 2 aliphatic heterocycles. The zero-order valence-electron chi connectivity index (χ0n) is 13.5. The Morgan fingerprint density at radius 1 is 0.875 bits per heavy atom. The number of hydrogen-bond donors (Lipinski definition) is 0. The minimum absolute atomic E-state index is 0.310. The van der Waals surface area contributed by atoms with E-state index in [9.17, 15) is 19.2 Å². The van der Waals surface area contributed by atoms with Crippen LogP contribution in [0.15, 0.2) is 11.1 Å². The van der Waals surface area contributed by atoms with Crippen molar-refractivity contribution < 1.29 is 28.7 Å². The lowest BCUT2D eigenvalue weighted by Crippen LogP contribution is -2.62. The summed E-state index contributed by atoms with van der Waals surface area (Å²) in [5, 5.41) is 0. The van der Waals surface area contributed by atoms with Gasteiger partial charge in [0.25, 0.3) is 0 Å². The minimum Gasteiger partial charge on any atom is -0.393 e. The van der Waals surface area contributed by atoms with Crippen LogP contribution in [0.2, 0.25) is 0 Å². The Morgan fingerprint density at radius 3 is 1.96 bits per heavy atom. The standard InChI is InChI=1S/C18H18O6/c1-6-3-4-8-7(2)9-10-12(16(21)23-14(10)19)18(8,5-6)13-11(9)15(20)24-17(13)22/h6,9-13H,3-5H2,1-2H3/t6-,9?,10-,11+,12+,13-,18?/m0/s1. The van der Waals surface area contributed by atoms with E-state index in [0.717, 1.165) is 24.0 Å². The summed E-state index contributed by atoms with van der Waals surface area (Å²) in [7, 11) is 0. The summed E-state index contributed by atoms with van der Waals surface area (Å²) >= 11 is 0. The van der Waals surface area contributed by atoms with Crippen LogP contribution >= 0.6 is 0 Å². The van der Waals surface area contributed by atoms with Crippen molar-refractivity contribution in [3.63, 3.8) is 0 Å². The van der Waals surface area contributed by atoms with Gasteiger partial charge in [0.1, 0.15) is 0 Å². The Balaban J connectivity index is 1.83. The average molecular weight is 330 g/mol. The summed E-state index contributed by atoms with van der Waals surface area (Å²) < 4.78 is 9.97. The third kappa shape index (κ3) is 1.32. The first-order valence-electron chi connectivity index (χ1n) is 8.59. The molecule has 1 spiro atoms. The van der Waals surface area contributed by atoms with E-state index in [4.69, 9.17) is 9.47 Å². The quantitative estimate of drug-likeness (QED) is 0.379. The number of hydrogen-bond acceptors (Lipinski definition) is 6. The van der Waals surface area contributed by atoms with Crippen LogP contribution in [-0.2, 0) is 28.7 Å². The summed E-state index contributed by atoms with van der Waals surface area (Å²) in [6.07, 6.45) is 2.42. The van der Waals surface area contributed by atoms with E-state index in [1.807, 2.05) is 6.92 Å². The molecule has 0 aromatic rings. The first-order valence-corrected chi connectivity index (χ1v) is 8.59. The highest BCUT2D eigenvalue weighted by atomic mass is 16.6. The largest absolute Gasteiger partial charge is 0.393 e. The van der Waals surface area contributed by atoms with E-state index in [2.05, 4.69) is 6.92 Å². The zero-order valence-corrected chi connectivity index (χ0v) is 13.5. The van der Waals surface area contributed by atoms with Crippen LogP contribution in [-0.4, -0.2) is 23.9 Å². The summed E-state index contributed by atoms with van der Waals surface area (Å²) in [4.78, 5) is 49.9. The fourth-order valence-corrected chi connectivity index (χ4v) is 6.57. The molecule has 2 saturated heterocycles. The topological polar surface area (TPSA) is 86.7 Å². The lowest BCUT2D eigenvalue weighted by atomic mass is 9.39. The van der Waals surface area contributed by atoms with Crippen LogP contribution in [0.3, 0.4) is 0 Å². The molecule has 6 heteroatoms. The summed E-state index contributed by atoms with van der Waals surface area (Å²) in [5.74, 6) is -4.86. The molecule has 0 radical (unpaired) electrons. The summed E-state index contributed by atoms with van der Waals surface area (Å²) in [6, 6.07) is 0. The van der Waals surface area contributed by atoms with Gasteiger partial charge in [-0.25, -0.2) is 0 Å². The molecular formula is C18H18O6. The van der Waals surface area contributed by atoms with Crippen molar-refractivity contribution >= 4 is 23.9 Å². The Morgan fingerprint density at radius 2 is 1.42 bits per heavy atom. The maximum Gasteiger partial charge on any atom is 0.318 e. The molecular weight excluding hydrogens is 312 g/mol. The highest BCUT2D eigenvalue weighted by Gasteiger charge is 2.77. The lowest BCUT2D eigenvalue weighted by Gasteiger charge is -2.59. The Kier molecular flexibility index (Phi) is 2.49. The van der Waals surface area contributed by atoms with Crippen molar-refractivity contribution in [2.24, 2.45) is 40.9 Å². The fraction of sp³-hybridized carbons (Fsp3) is 0.667. The van der Waals surface area contributed by atoms with Crippen LogP contribution in [0.25, 0.3) is 0 Å². The van der Waals surface area contributed by atoms with Crippen molar-refractivity contribution in [2.45, 2.75) is 33.1 Å². The van der Waals surface area contributed by atoms with Crippen molar-refractivity contribution in [3.05, 3.63) is 11.1 Å². The molecule has 4 fully saturated rings. The van der Waals surface area contributed by atoms with Crippen LogP contribution in [0.5, 0.6) is 0 Å². The summed E-state index contributed by atoms with van der Waals surface area (Å²) in [6.45, 7) is 4.04. The molecule has 7 atom stereocenters. The molecule has 2 unspecified atom stereocenters. The van der Waals surface area contributed by atoms with Gasteiger partial charge >= 0.3 is 23.9 Å². The van der Waals surface area contributed by atoms with Crippen molar-refractivity contribution in [1.29, 1.82) is 0 Å². The van der Waals surface area contributed by atoms with Gasteiger partial charge in [0.15, 0.2) is 0 Å². The molecule has 0 amide bonds. The molecule has 0 aromatic carbocycles. The van der Waals surface area contributed by atoms with Crippen LogP contribution < -0.4 is 0 Å². The summed E-state index contributed by atoms with van der Waals surface area (Å²) in [5.41, 5.74) is 1.33. The van der Waals surface area contributed by atoms with Gasteiger partial charge in [0.2, 0.25) is 0 Å². The second-order valence-electron chi connectivity index (χ2n) is 8.06. The van der Waals surface area contributed by atoms with Crippen molar-refractivity contribution in [2.75, 3.05) is 0 Å². The monoisotopic (exact) mass is 330 g/mol. The predicted octanol–water partition coefficient (Wildman–Crippen LogP) is 1.38. The molecule has 6 rings (SSSR count). The number of rotatable bonds is 0. The van der Waals surface area contributed by atoms with E-state index in [0.29, 0.717) is 12.3 Å². The Labute approximate surface area is 138 Å². The molecule has 0 aromatic heterocycles. The Bertz CT molecular complexity index is 719. The van der Waals surface area contributed by atoms with Crippen LogP contribution in [0.4, 0.5) is 0 Å². The van der Waals surface area contributed by atoms with Gasteiger partial charge in [-0.15, -0.1) is 0 Å². The van der Waals surface area contributed by atoms with Gasteiger partial charge in [0, 0.05) is 11.3 Å². The maximum atomic E-state index is 12.5. The Hall–Kier alpha value is -1.98. The first kappa shape index (κ1) is 14.4. The fourth-order valence-electron chi connectivity index (χ4n) is 6.57. The van der Waals surface area contributed by atoms with E-state index in [1.165, 1.54) is 0 Å². The molecule has 2 bridgehead atoms. The van der Waals surface area contributed by atoms with Crippen molar-refractivity contribution in [1.82, 2.24) is 0 Å². The molecule has 6 aliphatic rings. The van der Waals surface area contributed by atoms with Crippen LogP contribution in [0, 0.1) is 40.9 Å². The maximum absolute atomic E-state index is 12.5. The average Bonchev–Trinajstić information content (AvgIpc) is 2.98. The number of esters is 4. The normalized spacial score (nSPS) is 48.9. The van der Waals surface area contributed by atoms with Gasteiger partial charge in [-0.3, -0.25) is 19.2 Å². The van der Waals surface area contributed by atoms with Crippen molar-refractivity contribution in [3.8, 4) is 0 Å². The number of allylic oxidation sites excluding steroid dienone is 2. The molecule has 2 saturated carbocycles. The van der Waals surface area contributed by atoms with E-state index >= 15 is 0 Å². The number of cyclic esters (lactones) is 4. The van der Waals surface area contributed by atoms with E-state index < -0.39 is 58.9 Å². The number of carbonyl (C=O) groups is 4. The minimum atomic E-state index is -0.779. The lowest BCUT2D eigenvalue weighted by molar-refractivity contribution is -0.157. The molecule has 24 heavy (non-hydrogen) atoms. The predicted molar refractivity (Wildman–Crippen MR) is 77.8 cm³/mol. The van der Waals surface area contributed by atoms with E-state index in [-0.39, 0.29) is 0 Å². The van der Waals surface area contributed by atoms with Gasteiger partial charge < -0.3 is 9.47 Å². The van der Waals surface area contributed by atoms with Gasteiger partial charge in [-0.1, -0.05) is 18.1 Å². The second kappa shape index (κ2) is 4.16. The molecule has 126 valence electrons. The molecule has 4 aliphatic carbocycles. The highest BCUT2D eigenvalue weighted by Crippen LogP contribution is 2.71. The third-order valence-corrected chi connectivity index (χ3v) is 7.17. The van der Waals surface area contributed by atoms with Crippen LogP contribution in [0.1, 0.15) is 33.1 Å². The smallest absolute Gasteiger partial charge is 0.318 e. The number of ether oxygens (including phenoxy) is 2. The van der Waals surface area contributed by atoms with Gasteiger partial charge in [-0.2, -0.15) is 0 Å². The molecule has 6 nitrogen and oxygen atoms in total. The molecule has 0 N–H and O–H groups in total. The SMILES string of the molecule is CC1=C2CC[C@H](C)CC23[C@@H]2C(=O)OC(=O)[C@@H]2C1[C@@H]1C(=O)OC(=O)[C@@H]13. The van der Waals surface area contributed by atoms with Gasteiger partial charge in [0.05, 0.1) is 23.7 Å². The first-order chi connectivity index (χ1) is 11.4. The second-order valence-corrected chi connectivity index (χ2v) is 8.06. The highest BCUT2D eigenvalue weighted by molar-refractivity contribution is 6.04. The van der Waals surface area contributed by atoms with Gasteiger partial charge in [-0.05, 0) is 32.1 Å². The van der Waals surface area contributed by atoms with E-state index in [1.54, 1.807) is 0 Å². The zero-order chi connectivity index (χ0) is 17.0.